The zero-order valence-electron chi connectivity index (χ0n) is 17.1. The summed E-state index contributed by atoms with van der Waals surface area (Å²) in [5.41, 5.74) is 4.22. The highest BCUT2D eigenvalue weighted by molar-refractivity contribution is 7.17. The minimum absolute atomic E-state index is 0.397. The molecule has 2 heterocycles. The largest absolute Gasteiger partial charge is 0.311 e. The molecule has 4 aromatic rings. The van der Waals surface area contributed by atoms with Crippen LogP contribution in [0.25, 0.3) is 10.1 Å². The number of thiophene rings is 1. The molecule has 3 heteroatoms. The molecular weight excluding hydrogens is 384 g/mol. The molecule has 0 bridgehead atoms. The molecule has 2 atom stereocenters. The lowest BCUT2D eigenvalue weighted by molar-refractivity contribution is 0.308. The van der Waals surface area contributed by atoms with E-state index in [9.17, 15) is 0 Å². The maximum absolute atomic E-state index is 3.87. The fourth-order valence-corrected chi connectivity index (χ4v) is 5.70. The lowest BCUT2D eigenvalue weighted by Crippen LogP contribution is -2.49. The van der Waals surface area contributed by atoms with Gasteiger partial charge >= 0.3 is 0 Å². The first kappa shape index (κ1) is 19.5. The van der Waals surface area contributed by atoms with Gasteiger partial charge in [0.05, 0.1) is 0 Å². The third-order valence-corrected chi connectivity index (χ3v) is 7.33. The van der Waals surface area contributed by atoms with Gasteiger partial charge in [0.2, 0.25) is 0 Å². The summed E-state index contributed by atoms with van der Waals surface area (Å²) in [4.78, 5) is 0. The van der Waals surface area contributed by atoms with Crippen molar-refractivity contribution in [2.75, 3.05) is 6.54 Å². The van der Waals surface area contributed by atoms with Gasteiger partial charge in [0.1, 0.15) is 0 Å². The van der Waals surface area contributed by atoms with Crippen molar-refractivity contribution in [1.82, 2.24) is 10.6 Å². The summed E-state index contributed by atoms with van der Waals surface area (Å²) in [6, 6.07) is 31.6. The maximum atomic E-state index is 3.87. The Hall–Kier alpha value is -2.46. The van der Waals surface area contributed by atoms with Crippen LogP contribution < -0.4 is 10.6 Å². The van der Waals surface area contributed by atoms with E-state index < -0.39 is 0 Å². The van der Waals surface area contributed by atoms with Gasteiger partial charge in [0.25, 0.3) is 0 Å². The zero-order chi connectivity index (χ0) is 20.2. The van der Waals surface area contributed by atoms with E-state index in [4.69, 9.17) is 0 Å². The van der Waals surface area contributed by atoms with Crippen LogP contribution in [0.5, 0.6) is 0 Å². The summed E-state index contributed by atoms with van der Waals surface area (Å²) in [6.07, 6.45) is 2.38. The molecule has 1 aromatic heterocycles. The lowest BCUT2D eigenvalue weighted by atomic mass is 9.81. The van der Waals surface area contributed by atoms with Crippen LogP contribution in [0.3, 0.4) is 0 Å². The van der Waals surface area contributed by atoms with Gasteiger partial charge in [-0.05, 0) is 46.4 Å². The Kier molecular flexibility index (Phi) is 5.94. The predicted molar refractivity (Wildman–Crippen MR) is 128 cm³/mol. The minimum Gasteiger partial charge on any atom is -0.311 e. The molecule has 1 aliphatic heterocycles. The molecule has 0 amide bonds. The Morgan fingerprint density at radius 2 is 1.50 bits per heavy atom. The van der Waals surface area contributed by atoms with Crippen LogP contribution in [0, 0.1) is 0 Å². The molecule has 0 saturated carbocycles. The number of hydrogen-bond acceptors (Lipinski definition) is 3. The summed E-state index contributed by atoms with van der Waals surface area (Å²) >= 11 is 1.84. The topological polar surface area (TPSA) is 24.1 Å². The highest BCUT2D eigenvalue weighted by Crippen LogP contribution is 2.32. The van der Waals surface area contributed by atoms with Crippen LogP contribution in [-0.2, 0) is 6.54 Å². The van der Waals surface area contributed by atoms with Gasteiger partial charge in [0, 0.05) is 35.8 Å². The summed E-state index contributed by atoms with van der Waals surface area (Å²) in [5.74, 6) is 0.397. The lowest BCUT2D eigenvalue weighted by Gasteiger charge is -2.36. The molecule has 1 fully saturated rings. The first-order chi connectivity index (χ1) is 14.9. The molecular formula is C27H28N2S. The Morgan fingerprint density at radius 1 is 0.833 bits per heavy atom. The van der Waals surface area contributed by atoms with Crippen molar-refractivity contribution in [2.24, 2.45) is 0 Å². The number of fused-ring (bicyclic) bond motifs is 1. The van der Waals surface area contributed by atoms with Gasteiger partial charge in [-0.2, -0.15) is 0 Å². The summed E-state index contributed by atoms with van der Waals surface area (Å²) < 4.78 is 1.38. The highest BCUT2D eigenvalue weighted by Gasteiger charge is 2.29. The van der Waals surface area contributed by atoms with E-state index in [2.05, 4.69) is 101 Å². The summed E-state index contributed by atoms with van der Waals surface area (Å²) in [6.45, 7) is 1.96. The molecule has 152 valence electrons. The molecule has 2 nitrogen and oxygen atoms in total. The van der Waals surface area contributed by atoms with Crippen molar-refractivity contribution >= 4 is 21.4 Å². The first-order valence-corrected chi connectivity index (χ1v) is 11.8. The molecule has 3 aromatic carbocycles. The Morgan fingerprint density at radius 3 is 2.17 bits per heavy atom. The van der Waals surface area contributed by atoms with Gasteiger partial charge in [-0.3, -0.25) is 0 Å². The predicted octanol–water partition coefficient (Wildman–Crippen LogP) is 5.94. The molecule has 0 aliphatic carbocycles. The van der Waals surface area contributed by atoms with Crippen molar-refractivity contribution in [3.63, 3.8) is 0 Å². The average molecular weight is 413 g/mol. The second kappa shape index (κ2) is 9.13. The maximum Gasteiger partial charge on any atom is 0.0346 e. The van der Waals surface area contributed by atoms with Crippen LogP contribution in [-0.4, -0.2) is 18.6 Å². The smallest absolute Gasteiger partial charge is 0.0346 e. The van der Waals surface area contributed by atoms with Gasteiger partial charge < -0.3 is 10.6 Å². The average Bonchev–Trinajstić information content (AvgIpc) is 3.23. The van der Waals surface area contributed by atoms with Gasteiger partial charge in [-0.1, -0.05) is 78.9 Å². The quantitative estimate of drug-likeness (QED) is 0.409. The van der Waals surface area contributed by atoms with Crippen molar-refractivity contribution in [1.29, 1.82) is 0 Å². The van der Waals surface area contributed by atoms with E-state index in [1.807, 2.05) is 11.3 Å². The number of hydrogen-bond donors (Lipinski definition) is 2. The molecule has 5 rings (SSSR count). The van der Waals surface area contributed by atoms with Crippen LogP contribution >= 0.6 is 11.3 Å². The fraction of sp³-hybridized carbons (Fsp3) is 0.259. The van der Waals surface area contributed by atoms with E-state index in [1.165, 1.54) is 39.6 Å². The molecule has 1 saturated heterocycles. The normalized spacial score (nSPS) is 19.4. The third kappa shape index (κ3) is 4.20. The van der Waals surface area contributed by atoms with Crippen molar-refractivity contribution < 1.29 is 0 Å². The van der Waals surface area contributed by atoms with Crippen LogP contribution in [0.1, 0.15) is 35.4 Å². The van der Waals surface area contributed by atoms with E-state index in [1.54, 1.807) is 0 Å². The van der Waals surface area contributed by atoms with Crippen molar-refractivity contribution in [3.05, 3.63) is 107 Å². The number of benzene rings is 3. The second-order valence-corrected chi connectivity index (χ2v) is 9.14. The van der Waals surface area contributed by atoms with Gasteiger partial charge in [0.15, 0.2) is 0 Å². The Bertz CT molecular complexity index is 1030. The number of nitrogens with one attached hydrogen (secondary N) is 2. The van der Waals surface area contributed by atoms with Gasteiger partial charge in [-0.25, -0.2) is 0 Å². The Balaban J connectivity index is 1.25. The molecule has 2 N–H and O–H groups in total. The molecule has 0 unspecified atom stereocenters. The fourth-order valence-electron chi connectivity index (χ4n) is 4.74. The zero-order valence-corrected chi connectivity index (χ0v) is 17.9. The van der Waals surface area contributed by atoms with E-state index in [-0.39, 0.29) is 0 Å². The van der Waals surface area contributed by atoms with Crippen molar-refractivity contribution in [2.45, 2.75) is 37.4 Å². The molecule has 1 aliphatic rings. The van der Waals surface area contributed by atoms with Crippen molar-refractivity contribution in [3.8, 4) is 0 Å². The molecule has 30 heavy (non-hydrogen) atoms. The standard InChI is InChI=1S/C27H28N2S/c1-3-9-20(10-4-1)27(21-11-5-2-6-12-21)25-16-15-23(18-29-25)28-17-22-19-30-26-14-8-7-13-24(22)26/h1-14,19,23,25,27-29H,15-18H2/t23-,25-/m1/s1. The molecule has 0 spiro atoms. The van der Waals surface area contributed by atoms with E-state index in [0.717, 1.165) is 13.1 Å². The van der Waals surface area contributed by atoms with Gasteiger partial charge in [-0.15, -0.1) is 11.3 Å². The SMILES string of the molecule is c1ccc(C(c2ccccc2)[C@H]2CC[C@@H](NCc3csc4ccccc34)CN2)cc1. The number of rotatable bonds is 6. The highest BCUT2D eigenvalue weighted by atomic mass is 32.1. The van der Waals surface area contributed by atoms with Crippen LogP contribution in [0.2, 0.25) is 0 Å². The minimum atomic E-state index is 0.397. The number of piperidine rings is 1. The molecule has 0 radical (unpaired) electrons. The van der Waals surface area contributed by atoms with E-state index >= 15 is 0 Å². The van der Waals surface area contributed by atoms with E-state index in [0.29, 0.717) is 18.0 Å². The third-order valence-electron chi connectivity index (χ3n) is 6.31. The Labute approximate surface area is 183 Å². The second-order valence-electron chi connectivity index (χ2n) is 8.23. The monoisotopic (exact) mass is 412 g/mol. The first-order valence-electron chi connectivity index (χ1n) is 10.9. The van der Waals surface area contributed by atoms with Crippen LogP contribution in [0.4, 0.5) is 0 Å². The summed E-state index contributed by atoms with van der Waals surface area (Å²) in [7, 11) is 0. The van der Waals surface area contributed by atoms with Crippen LogP contribution in [0.15, 0.2) is 90.3 Å². The summed E-state index contributed by atoms with van der Waals surface area (Å²) in [5, 5.41) is 11.4.